The predicted octanol–water partition coefficient (Wildman–Crippen LogP) is 1.11. The maximum Gasteiger partial charge on any atom is 0.191 e. The SMILES string of the molecule is CN=C(NCCOC)NCC(c1ccc(OC)cc1)N(C)C. The minimum Gasteiger partial charge on any atom is -0.497 e. The van der Waals surface area contributed by atoms with Gasteiger partial charge < -0.3 is 25.0 Å². The number of aliphatic imine (C=N–C) groups is 1. The topological polar surface area (TPSA) is 58.1 Å². The van der Waals surface area contributed by atoms with Gasteiger partial charge in [0.15, 0.2) is 5.96 Å². The maximum absolute atomic E-state index is 5.21. The third-order valence-electron chi connectivity index (χ3n) is 3.41. The lowest BCUT2D eigenvalue weighted by atomic mass is 10.1. The van der Waals surface area contributed by atoms with E-state index in [0.29, 0.717) is 6.61 Å². The van der Waals surface area contributed by atoms with Gasteiger partial charge in [0.2, 0.25) is 0 Å². The smallest absolute Gasteiger partial charge is 0.191 e. The average Bonchev–Trinajstić information content (AvgIpc) is 2.53. The molecule has 0 saturated carbocycles. The normalized spacial score (nSPS) is 13.1. The van der Waals surface area contributed by atoms with E-state index in [4.69, 9.17) is 9.47 Å². The number of nitrogens with zero attached hydrogens (tertiary/aromatic N) is 2. The number of rotatable bonds is 8. The van der Waals surface area contributed by atoms with Gasteiger partial charge in [0.05, 0.1) is 19.8 Å². The van der Waals surface area contributed by atoms with Gasteiger partial charge in [-0.2, -0.15) is 0 Å². The maximum atomic E-state index is 5.21. The summed E-state index contributed by atoms with van der Waals surface area (Å²) in [6.07, 6.45) is 0. The van der Waals surface area contributed by atoms with Crippen molar-refractivity contribution in [3.63, 3.8) is 0 Å². The molecule has 0 saturated heterocycles. The summed E-state index contributed by atoms with van der Waals surface area (Å²) in [7, 11) is 9.26. The molecule has 0 fully saturated rings. The molecule has 1 unspecified atom stereocenters. The highest BCUT2D eigenvalue weighted by Crippen LogP contribution is 2.20. The molecule has 124 valence electrons. The van der Waals surface area contributed by atoms with E-state index in [1.807, 2.05) is 12.1 Å². The van der Waals surface area contributed by atoms with E-state index in [1.165, 1.54) is 5.56 Å². The van der Waals surface area contributed by atoms with Crippen LogP contribution in [0.3, 0.4) is 0 Å². The first-order valence-corrected chi connectivity index (χ1v) is 7.36. The van der Waals surface area contributed by atoms with Crippen molar-refractivity contribution in [2.75, 3.05) is 55.1 Å². The lowest BCUT2D eigenvalue weighted by Gasteiger charge is -2.26. The van der Waals surface area contributed by atoms with Crippen molar-refractivity contribution in [3.05, 3.63) is 29.8 Å². The van der Waals surface area contributed by atoms with Crippen molar-refractivity contribution >= 4 is 5.96 Å². The van der Waals surface area contributed by atoms with Crippen LogP contribution >= 0.6 is 0 Å². The third kappa shape index (κ3) is 5.91. The highest BCUT2D eigenvalue weighted by atomic mass is 16.5. The van der Waals surface area contributed by atoms with Crippen LogP contribution in [0.25, 0.3) is 0 Å². The summed E-state index contributed by atoms with van der Waals surface area (Å²) in [4.78, 5) is 6.39. The summed E-state index contributed by atoms with van der Waals surface area (Å²) in [5, 5.41) is 6.56. The van der Waals surface area contributed by atoms with Crippen LogP contribution in [0.1, 0.15) is 11.6 Å². The van der Waals surface area contributed by atoms with E-state index in [9.17, 15) is 0 Å². The number of hydrogen-bond donors (Lipinski definition) is 2. The van der Waals surface area contributed by atoms with Crippen LogP contribution in [0.15, 0.2) is 29.3 Å². The second kappa shape index (κ2) is 10.0. The fourth-order valence-corrected chi connectivity index (χ4v) is 2.11. The van der Waals surface area contributed by atoms with Gasteiger partial charge in [-0.1, -0.05) is 12.1 Å². The number of hydrogen-bond acceptors (Lipinski definition) is 4. The first-order chi connectivity index (χ1) is 10.6. The van der Waals surface area contributed by atoms with Gasteiger partial charge in [-0.15, -0.1) is 0 Å². The largest absolute Gasteiger partial charge is 0.497 e. The zero-order chi connectivity index (χ0) is 16.4. The Bertz CT molecular complexity index is 446. The van der Waals surface area contributed by atoms with E-state index in [1.54, 1.807) is 21.3 Å². The second-order valence-electron chi connectivity index (χ2n) is 5.13. The molecule has 0 amide bonds. The van der Waals surface area contributed by atoms with Crippen molar-refractivity contribution in [3.8, 4) is 5.75 Å². The van der Waals surface area contributed by atoms with Gasteiger partial charge >= 0.3 is 0 Å². The molecule has 1 atom stereocenters. The van der Waals surface area contributed by atoms with Crippen molar-refractivity contribution in [2.24, 2.45) is 4.99 Å². The molecule has 0 aromatic heterocycles. The summed E-state index contributed by atoms with van der Waals surface area (Å²) in [6, 6.07) is 8.39. The van der Waals surface area contributed by atoms with Crippen LogP contribution in [-0.2, 0) is 4.74 Å². The first-order valence-electron chi connectivity index (χ1n) is 7.36. The highest BCUT2D eigenvalue weighted by molar-refractivity contribution is 5.79. The summed E-state index contributed by atoms with van der Waals surface area (Å²) in [5.74, 6) is 1.64. The number of ether oxygens (including phenoxy) is 2. The minimum absolute atomic E-state index is 0.242. The van der Waals surface area contributed by atoms with Gasteiger partial charge in [-0.3, -0.25) is 4.99 Å². The molecule has 0 aliphatic heterocycles. The summed E-state index contributed by atoms with van der Waals surface area (Å²) in [5.41, 5.74) is 1.23. The monoisotopic (exact) mass is 308 g/mol. The van der Waals surface area contributed by atoms with E-state index in [2.05, 4.69) is 46.8 Å². The molecule has 6 nitrogen and oxygen atoms in total. The first kappa shape index (κ1) is 18.3. The number of benzene rings is 1. The van der Waals surface area contributed by atoms with E-state index in [-0.39, 0.29) is 6.04 Å². The fraction of sp³-hybridized carbons (Fsp3) is 0.562. The average molecular weight is 308 g/mol. The Hall–Kier alpha value is -1.79. The predicted molar refractivity (Wildman–Crippen MR) is 90.7 cm³/mol. The van der Waals surface area contributed by atoms with Crippen LogP contribution in [0.4, 0.5) is 0 Å². The van der Waals surface area contributed by atoms with Crippen molar-refractivity contribution < 1.29 is 9.47 Å². The van der Waals surface area contributed by atoms with Gasteiger partial charge in [0.25, 0.3) is 0 Å². The van der Waals surface area contributed by atoms with Crippen molar-refractivity contribution in [1.29, 1.82) is 0 Å². The van der Waals surface area contributed by atoms with Gasteiger partial charge in [-0.05, 0) is 31.8 Å². The Labute approximate surface area is 133 Å². The Kier molecular flexibility index (Phi) is 8.32. The molecule has 1 aromatic rings. The molecular formula is C16H28N4O2. The number of guanidine groups is 1. The molecule has 0 aliphatic carbocycles. The molecule has 0 bridgehead atoms. The Balaban J connectivity index is 2.63. The van der Waals surface area contributed by atoms with Crippen molar-refractivity contribution in [2.45, 2.75) is 6.04 Å². The molecule has 0 heterocycles. The Morgan fingerprint density at radius 3 is 2.36 bits per heavy atom. The molecule has 0 aliphatic rings. The van der Waals surface area contributed by atoms with Crippen LogP contribution < -0.4 is 15.4 Å². The lowest BCUT2D eigenvalue weighted by molar-refractivity contribution is 0.203. The molecule has 2 N–H and O–H groups in total. The fourth-order valence-electron chi connectivity index (χ4n) is 2.11. The molecule has 1 aromatic carbocycles. The Morgan fingerprint density at radius 1 is 1.18 bits per heavy atom. The molecule has 1 rings (SSSR count). The van der Waals surface area contributed by atoms with Crippen LogP contribution in [0.2, 0.25) is 0 Å². The zero-order valence-corrected chi connectivity index (χ0v) is 14.2. The quantitative estimate of drug-likeness (QED) is 0.428. The van der Waals surface area contributed by atoms with Gasteiger partial charge in [-0.25, -0.2) is 0 Å². The summed E-state index contributed by atoms with van der Waals surface area (Å²) < 4.78 is 10.2. The number of likely N-dealkylation sites (N-methyl/N-ethyl adjacent to an activating group) is 1. The molecule has 6 heteroatoms. The molecular weight excluding hydrogens is 280 g/mol. The second-order valence-corrected chi connectivity index (χ2v) is 5.13. The molecule has 22 heavy (non-hydrogen) atoms. The van der Waals surface area contributed by atoms with Crippen LogP contribution in [0.5, 0.6) is 5.75 Å². The summed E-state index contributed by atoms with van der Waals surface area (Å²) >= 11 is 0. The Morgan fingerprint density at radius 2 is 1.86 bits per heavy atom. The number of methoxy groups -OCH3 is 2. The van der Waals surface area contributed by atoms with E-state index < -0.39 is 0 Å². The summed E-state index contributed by atoms with van der Waals surface area (Å²) in [6.45, 7) is 2.13. The van der Waals surface area contributed by atoms with Gasteiger partial charge in [0.1, 0.15) is 5.75 Å². The van der Waals surface area contributed by atoms with E-state index >= 15 is 0 Å². The van der Waals surface area contributed by atoms with Gasteiger partial charge in [0, 0.05) is 27.2 Å². The molecule has 0 radical (unpaired) electrons. The third-order valence-corrected chi connectivity index (χ3v) is 3.41. The van der Waals surface area contributed by atoms with Crippen LogP contribution in [0, 0.1) is 0 Å². The lowest BCUT2D eigenvalue weighted by Crippen LogP contribution is -2.42. The van der Waals surface area contributed by atoms with Crippen LogP contribution in [-0.4, -0.2) is 65.9 Å². The number of nitrogens with one attached hydrogen (secondary N) is 2. The van der Waals surface area contributed by atoms with Crippen molar-refractivity contribution in [1.82, 2.24) is 15.5 Å². The standard InChI is InChI=1S/C16H28N4O2/c1-17-16(18-10-11-21-4)19-12-15(20(2)3)13-6-8-14(22-5)9-7-13/h6-9,15H,10-12H2,1-5H3,(H2,17,18,19). The minimum atomic E-state index is 0.242. The highest BCUT2D eigenvalue weighted by Gasteiger charge is 2.14. The van der Waals surface area contributed by atoms with E-state index in [0.717, 1.165) is 24.8 Å². The zero-order valence-electron chi connectivity index (χ0n) is 14.2. The molecule has 0 spiro atoms.